The molecule has 0 aliphatic carbocycles. The van der Waals surface area contributed by atoms with Crippen molar-refractivity contribution in [3.8, 4) is 11.5 Å². The van der Waals surface area contributed by atoms with Crippen molar-refractivity contribution in [1.29, 1.82) is 0 Å². The highest BCUT2D eigenvalue weighted by Crippen LogP contribution is 2.22. The van der Waals surface area contributed by atoms with Crippen molar-refractivity contribution < 1.29 is 19.0 Å². The molecule has 4 nitrogen and oxygen atoms in total. The first-order chi connectivity index (χ1) is 12.5. The predicted molar refractivity (Wildman–Crippen MR) is 103 cm³/mol. The van der Waals surface area contributed by atoms with Gasteiger partial charge in [-0.2, -0.15) is 0 Å². The first kappa shape index (κ1) is 19.8. The third-order valence-corrected chi connectivity index (χ3v) is 3.83. The first-order valence-corrected chi connectivity index (χ1v) is 9.11. The van der Waals surface area contributed by atoms with E-state index < -0.39 is 0 Å². The summed E-state index contributed by atoms with van der Waals surface area (Å²) in [6.45, 7) is 8.76. The molecule has 0 saturated carbocycles. The fraction of sp³-hybridized carbons (Fsp3) is 0.409. The van der Waals surface area contributed by atoms with Gasteiger partial charge in [0.25, 0.3) is 0 Å². The van der Waals surface area contributed by atoms with Crippen LogP contribution in [-0.4, -0.2) is 18.7 Å². The summed E-state index contributed by atoms with van der Waals surface area (Å²) in [5, 5.41) is 0. The average molecular weight is 356 g/mol. The van der Waals surface area contributed by atoms with Crippen LogP contribution in [0, 0.1) is 6.92 Å². The van der Waals surface area contributed by atoms with Crippen LogP contribution in [0.25, 0.3) is 0 Å². The lowest BCUT2D eigenvalue weighted by Crippen LogP contribution is -2.06. The monoisotopic (exact) mass is 356 g/mol. The molecule has 0 bridgehead atoms. The molecule has 0 spiro atoms. The topological polar surface area (TPSA) is 44.8 Å². The van der Waals surface area contributed by atoms with E-state index in [1.165, 1.54) is 0 Å². The number of hydrogen-bond donors (Lipinski definition) is 0. The summed E-state index contributed by atoms with van der Waals surface area (Å²) in [4.78, 5) is 11.5. The minimum absolute atomic E-state index is 0.149. The van der Waals surface area contributed by atoms with Crippen molar-refractivity contribution in [2.75, 3.05) is 6.61 Å². The zero-order valence-electron chi connectivity index (χ0n) is 16.1. The van der Waals surface area contributed by atoms with Gasteiger partial charge in [-0.05, 0) is 69.0 Å². The Morgan fingerprint density at radius 2 is 1.88 bits per heavy atom. The third-order valence-electron chi connectivity index (χ3n) is 3.83. The Morgan fingerprint density at radius 3 is 2.58 bits per heavy atom. The fourth-order valence-electron chi connectivity index (χ4n) is 2.65. The number of hydrogen-bond acceptors (Lipinski definition) is 4. The molecule has 140 valence electrons. The van der Waals surface area contributed by atoms with E-state index in [9.17, 15) is 4.79 Å². The molecule has 2 rings (SSSR count). The lowest BCUT2D eigenvalue weighted by molar-refractivity contribution is -0.143. The van der Waals surface area contributed by atoms with Crippen LogP contribution in [0.3, 0.4) is 0 Å². The Bertz CT molecular complexity index is 722. The van der Waals surface area contributed by atoms with E-state index in [4.69, 9.17) is 14.2 Å². The number of aryl methyl sites for hydroxylation is 2. The number of benzene rings is 2. The SMILES string of the molecule is CCOC(=O)CCc1ccc(OCc2cccc(OC(C)C)c2)c(C)c1. The van der Waals surface area contributed by atoms with Crippen molar-refractivity contribution in [2.24, 2.45) is 0 Å². The van der Waals surface area contributed by atoms with Gasteiger partial charge < -0.3 is 14.2 Å². The number of carbonyl (C=O) groups is 1. The highest BCUT2D eigenvalue weighted by atomic mass is 16.5. The molecule has 4 heteroatoms. The zero-order valence-corrected chi connectivity index (χ0v) is 16.1. The molecule has 0 aromatic heterocycles. The molecule has 0 radical (unpaired) electrons. The third kappa shape index (κ3) is 6.43. The smallest absolute Gasteiger partial charge is 0.306 e. The number of esters is 1. The van der Waals surface area contributed by atoms with Gasteiger partial charge in [-0.3, -0.25) is 4.79 Å². The summed E-state index contributed by atoms with van der Waals surface area (Å²) in [5.41, 5.74) is 3.23. The van der Waals surface area contributed by atoms with Crippen LogP contribution in [0.15, 0.2) is 42.5 Å². The van der Waals surface area contributed by atoms with E-state index in [-0.39, 0.29) is 12.1 Å². The van der Waals surface area contributed by atoms with Gasteiger partial charge >= 0.3 is 5.97 Å². The minimum Gasteiger partial charge on any atom is -0.491 e. The fourth-order valence-corrected chi connectivity index (χ4v) is 2.65. The minimum atomic E-state index is -0.158. The molecule has 0 N–H and O–H groups in total. The maximum atomic E-state index is 11.5. The van der Waals surface area contributed by atoms with Gasteiger partial charge in [-0.25, -0.2) is 0 Å². The summed E-state index contributed by atoms with van der Waals surface area (Å²) in [6, 6.07) is 14.0. The molecule has 0 amide bonds. The van der Waals surface area contributed by atoms with E-state index in [1.807, 2.05) is 64.1 Å². The molecule has 26 heavy (non-hydrogen) atoms. The first-order valence-electron chi connectivity index (χ1n) is 9.11. The molecule has 0 unspecified atom stereocenters. The zero-order chi connectivity index (χ0) is 18.9. The van der Waals surface area contributed by atoms with Crippen molar-refractivity contribution in [3.05, 3.63) is 59.2 Å². The Balaban J connectivity index is 1.93. The Kier molecular flexibility index (Phi) is 7.52. The van der Waals surface area contributed by atoms with Crippen LogP contribution in [0.1, 0.15) is 43.9 Å². The van der Waals surface area contributed by atoms with Crippen LogP contribution >= 0.6 is 0 Å². The summed E-state index contributed by atoms with van der Waals surface area (Å²) < 4.78 is 16.6. The number of rotatable bonds is 9. The van der Waals surface area contributed by atoms with Crippen LogP contribution in [0.5, 0.6) is 11.5 Å². The normalized spacial score (nSPS) is 10.7. The van der Waals surface area contributed by atoms with Gasteiger partial charge in [0.1, 0.15) is 18.1 Å². The van der Waals surface area contributed by atoms with Crippen molar-refractivity contribution >= 4 is 5.97 Å². The van der Waals surface area contributed by atoms with Gasteiger partial charge in [0.2, 0.25) is 0 Å². The standard InChI is InChI=1S/C22H28O4/c1-5-24-22(23)12-10-18-9-11-21(17(4)13-18)25-15-19-7-6-8-20(14-19)26-16(2)3/h6-9,11,13-14,16H,5,10,12,15H2,1-4H3. The van der Waals surface area contributed by atoms with Crippen molar-refractivity contribution in [3.63, 3.8) is 0 Å². The second-order valence-electron chi connectivity index (χ2n) is 6.51. The van der Waals surface area contributed by atoms with Crippen molar-refractivity contribution in [2.45, 2.75) is 53.2 Å². The molecule has 0 fully saturated rings. The maximum Gasteiger partial charge on any atom is 0.306 e. The lowest BCUT2D eigenvalue weighted by atomic mass is 10.1. The highest BCUT2D eigenvalue weighted by molar-refractivity contribution is 5.69. The largest absolute Gasteiger partial charge is 0.491 e. The summed E-state index contributed by atoms with van der Waals surface area (Å²) in [7, 11) is 0. The van der Waals surface area contributed by atoms with Crippen molar-refractivity contribution in [1.82, 2.24) is 0 Å². The van der Waals surface area contributed by atoms with Gasteiger partial charge in [0, 0.05) is 6.42 Å². The predicted octanol–water partition coefficient (Wildman–Crippen LogP) is 4.86. The van der Waals surface area contributed by atoms with E-state index in [1.54, 1.807) is 0 Å². The molecule has 2 aromatic rings. The van der Waals surface area contributed by atoms with Crippen LogP contribution < -0.4 is 9.47 Å². The summed E-state index contributed by atoms with van der Waals surface area (Å²) in [5.74, 6) is 1.54. The van der Waals surface area contributed by atoms with E-state index in [0.29, 0.717) is 26.1 Å². The molecule has 0 saturated heterocycles. The molecule has 2 aromatic carbocycles. The second-order valence-corrected chi connectivity index (χ2v) is 6.51. The Morgan fingerprint density at radius 1 is 1.08 bits per heavy atom. The van der Waals surface area contributed by atoms with Gasteiger partial charge in [0.05, 0.1) is 12.7 Å². The quantitative estimate of drug-likeness (QED) is 0.602. The average Bonchev–Trinajstić information content (AvgIpc) is 2.59. The van der Waals surface area contributed by atoms with E-state index >= 15 is 0 Å². The molecule has 0 aliphatic heterocycles. The van der Waals surface area contributed by atoms with Crippen LogP contribution in [-0.2, 0) is 22.6 Å². The van der Waals surface area contributed by atoms with Crippen LogP contribution in [0.2, 0.25) is 0 Å². The molecule has 0 atom stereocenters. The van der Waals surface area contributed by atoms with Gasteiger partial charge in [0.15, 0.2) is 0 Å². The van der Waals surface area contributed by atoms with Crippen LogP contribution in [0.4, 0.5) is 0 Å². The highest BCUT2D eigenvalue weighted by Gasteiger charge is 2.06. The van der Waals surface area contributed by atoms with E-state index in [2.05, 4.69) is 6.07 Å². The second kappa shape index (κ2) is 9.85. The summed E-state index contributed by atoms with van der Waals surface area (Å²) in [6.07, 6.45) is 1.22. The molecule has 0 heterocycles. The van der Waals surface area contributed by atoms with Gasteiger partial charge in [-0.15, -0.1) is 0 Å². The number of ether oxygens (including phenoxy) is 3. The van der Waals surface area contributed by atoms with Gasteiger partial charge in [-0.1, -0.05) is 24.3 Å². The molecule has 0 aliphatic rings. The maximum absolute atomic E-state index is 11.5. The Hall–Kier alpha value is -2.49. The summed E-state index contributed by atoms with van der Waals surface area (Å²) >= 11 is 0. The lowest BCUT2D eigenvalue weighted by Gasteiger charge is -2.13. The molecular formula is C22H28O4. The van der Waals surface area contributed by atoms with E-state index in [0.717, 1.165) is 28.2 Å². The molecular weight excluding hydrogens is 328 g/mol. The number of carbonyl (C=O) groups excluding carboxylic acids is 1. The Labute approximate surface area is 156 Å².